The van der Waals surface area contributed by atoms with Gasteiger partial charge in [0.15, 0.2) is 5.82 Å². The minimum Gasteiger partial charge on any atom is -0.366 e. The van der Waals surface area contributed by atoms with Crippen LogP contribution in [-0.4, -0.2) is 30.2 Å². The number of carbonyl (C=O) groups is 1. The monoisotopic (exact) mass is 492 g/mol. The summed E-state index contributed by atoms with van der Waals surface area (Å²) < 4.78 is 40.9. The summed E-state index contributed by atoms with van der Waals surface area (Å²) in [6.45, 7) is 2.20. The molecule has 0 aliphatic rings. The number of hydrogen-bond donors (Lipinski definition) is 4. The van der Waals surface area contributed by atoms with E-state index in [2.05, 4.69) is 30.6 Å². The van der Waals surface area contributed by atoms with Crippen LogP contribution in [0, 0.1) is 5.82 Å². The van der Waals surface area contributed by atoms with Crippen LogP contribution in [0.15, 0.2) is 54.9 Å². The zero-order valence-electron chi connectivity index (χ0n) is 17.6. The molecule has 3 aromatic rings. The van der Waals surface area contributed by atoms with Crippen LogP contribution in [-0.2, 0) is 16.6 Å². The van der Waals surface area contributed by atoms with Crippen LogP contribution < -0.4 is 20.7 Å². The van der Waals surface area contributed by atoms with Gasteiger partial charge in [0, 0.05) is 12.6 Å². The standard InChI is InChI=1S/C21H22ClFN6O3S/c1-2-10-33(31,32)29-16-9-8-15(22)20(19(16)23)28-21(30)27-18-11-17(25-13-26-18)24-12-14-6-4-3-5-7-14/h3-9,11,13,29H,2,10,12H2,1H3,(H3,24,25,26,27,28,30). The van der Waals surface area contributed by atoms with Crippen molar-refractivity contribution in [1.82, 2.24) is 9.97 Å². The summed E-state index contributed by atoms with van der Waals surface area (Å²) in [5.41, 5.74) is 0.350. The van der Waals surface area contributed by atoms with Crippen LogP contribution in [0.3, 0.4) is 0 Å². The van der Waals surface area contributed by atoms with Crippen LogP contribution in [0.4, 0.5) is 32.2 Å². The number of anilines is 4. The minimum atomic E-state index is -3.73. The fraction of sp³-hybridized carbons (Fsp3) is 0.190. The quantitative estimate of drug-likeness (QED) is 0.344. The predicted molar refractivity (Wildman–Crippen MR) is 128 cm³/mol. The fourth-order valence-corrected chi connectivity index (χ4v) is 4.13. The summed E-state index contributed by atoms with van der Waals surface area (Å²) in [7, 11) is -3.73. The SMILES string of the molecule is CCCS(=O)(=O)Nc1ccc(Cl)c(NC(=O)Nc2cc(NCc3ccccc3)ncn2)c1F. The molecule has 1 aromatic heterocycles. The minimum absolute atomic E-state index is 0.103. The zero-order chi connectivity index (χ0) is 23.8. The van der Waals surface area contributed by atoms with Gasteiger partial charge in [-0.25, -0.2) is 27.6 Å². The van der Waals surface area contributed by atoms with Gasteiger partial charge in [-0.2, -0.15) is 0 Å². The van der Waals surface area contributed by atoms with Gasteiger partial charge in [0.05, 0.1) is 22.2 Å². The molecule has 174 valence electrons. The molecule has 12 heteroatoms. The van der Waals surface area contributed by atoms with Gasteiger partial charge >= 0.3 is 6.03 Å². The first kappa shape index (κ1) is 24.2. The summed E-state index contributed by atoms with van der Waals surface area (Å²) in [5.74, 6) is -0.549. The van der Waals surface area contributed by atoms with Crippen molar-refractivity contribution in [1.29, 1.82) is 0 Å². The molecule has 2 aromatic carbocycles. The van der Waals surface area contributed by atoms with Crippen molar-refractivity contribution >= 4 is 50.7 Å². The Kier molecular flexibility index (Phi) is 8.01. The van der Waals surface area contributed by atoms with E-state index in [1.807, 2.05) is 30.3 Å². The molecule has 0 unspecified atom stereocenters. The first-order chi connectivity index (χ1) is 15.8. The van der Waals surface area contributed by atoms with Gasteiger partial charge in [-0.05, 0) is 24.1 Å². The molecule has 9 nitrogen and oxygen atoms in total. The molecule has 0 radical (unpaired) electrons. The van der Waals surface area contributed by atoms with E-state index in [4.69, 9.17) is 11.6 Å². The number of urea groups is 1. The van der Waals surface area contributed by atoms with Crippen molar-refractivity contribution < 1.29 is 17.6 Å². The fourth-order valence-electron chi connectivity index (χ4n) is 2.81. The Morgan fingerprint density at radius 2 is 1.79 bits per heavy atom. The summed E-state index contributed by atoms with van der Waals surface area (Å²) in [6.07, 6.45) is 1.62. The second-order valence-electron chi connectivity index (χ2n) is 6.91. The van der Waals surface area contributed by atoms with Gasteiger partial charge in [0.2, 0.25) is 10.0 Å². The highest BCUT2D eigenvalue weighted by Gasteiger charge is 2.19. The zero-order valence-corrected chi connectivity index (χ0v) is 19.2. The van der Waals surface area contributed by atoms with Crippen molar-refractivity contribution in [2.75, 3.05) is 26.4 Å². The Bertz CT molecular complexity index is 1230. The lowest BCUT2D eigenvalue weighted by Crippen LogP contribution is -2.22. The molecule has 1 heterocycles. The Morgan fingerprint density at radius 3 is 2.52 bits per heavy atom. The summed E-state index contributed by atoms with van der Waals surface area (Å²) >= 11 is 6.01. The largest absolute Gasteiger partial charge is 0.366 e. The van der Waals surface area contributed by atoms with E-state index < -0.39 is 21.9 Å². The van der Waals surface area contributed by atoms with E-state index in [9.17, 15) is 17.6 Å². The molecule has 0 aliphatic carbocycles. The highest BCUT2D eigenvalue weighted by atomic mass is 35.5. The van der Waals surface area contributed by atoms with Crippen molar-refractivity contribution in [3.05, 3.63) is 71.3 Å². The Hall–Kier alpha value is -3.44. The van der Waals surface area contributed by atoms with Gasteiger partial charge in [0.1, 0.15) is 18.0 Å². The molecule has 0 spiro atoms. The van der Waals surface area contributed by atoms with E-state index in [-0.39, 0.29) is 28.0 Å². The average molecular weight is 493 g/mol. The van der Waals surface area contributed by atoms with Crippen molar-refractivity contribution in [2.45, 2.75) is 19.9 Å². The Labute approximate surface area is 195 Å². The van der Waals surface area contributed by atoms with Crippen LogP contribution in [0.5, 0.6) is 0 Å². The third kappa shape index (κ3) is 7.02. The summed E-state index contributed by atoms with van der Waals surface area (Å²) in [6, 6.07) is 12.8. The van der Waals surface area contributed by atoms with E-state index in [0.717, 1.165) is 5.56 Å². The van der Waals surface area contributed by atoms with E-state index in [1.54, 1.807) is 6.92 Å². The van der Waals surface area contributed by atoms with Crippen LogP contribution >= 0.6 is 11.6 Å². The van der Waals surface area contributed by atoms with Gasteiger partial charge in [-0.15, -0.1) is 0 Å². The Morgan fingerprint density at radius 1 is 1.06 bits per heavy atom. The maximum atomic E-state index is 14.8. The van der Waals surface area contributed by atoms with Gasteiger partial charge in [-0.3, -0.25) is 10.0 Å². The number of sulfonamides is 1. The maximum Gasteiger partial charge on any atom is 0.324 e. The molecule has 0 atom stereocenters. The number of carbonyl (C=O) groups excluding carboxylic acids is 1. The molecular weight excluding hydrogens is 471 g/mol. The third-order valence-electron chi connectivity index (χ3n) is 4.29. The van der Waals surface area contributed by atoms with E-state index in [1.165, 1.54) is 24.5 Å². The molecule has 33 heavy (non-hydrogen) atoms. The number of nitrogens with one attached hydrogen (secondary N) is 4. The van der Waals surface area contributed by atoms with Crippen molar-refractivity contribution in [3.8, 4) is 0 Å². The van der Waals surface area contributed by atoms with Gasteiger partial charge < -0.3 is 10.6 Å². The molecule has 2 amide bonds. The van der Waals surface area contributed by atoms with E-state index >= 15 is 0 Å². The number of nitrogens with zero attached hydrogens (tertiary/aromatic N) is 2. The van der Waals surface area contributed by atoms with Crippen LogP contribution in [0.25, 0.3) is 0 Å². The lowest BCUT2D eigenvalue weighted by molar-refractivity contribution is 0.262. The molecule has 4 N–H and O–H groups in total. The maximum absolute atomic E-state index is 14.8. The Balaban J connectivity index is 1.67. The number of halogens is 2. The summed E-state index contributed by atoms with van der Waals surface area (Å²) in [4.78, 5) is 20.5. The highest BCUT2D eigenvalue weighted by molar-refractivity contribution is 7.92. The molecule has 0 aliphatic heterocycles. The first-order valence-corrected chi connectivity index (χ1v) is 12.0. The topological polar surface area (TPSA) is 125 Å². The lowest BCUT2D eigenvalue weighted by atomic mass is 10.2. The normalized spacial score (nSPS) is 11.0. The van der Waals surface area contributed by atoms with Crippen molar-refractivity contribution in [2.24, 2.45) is 0 Å². The smallest absolute Gasteiger partial charge is 0.324 e. The lowest BCUT2D eigenvalue weighted by Gasteiger charge is -2.14. The number of amides is 2. The molecule has 3 rings (SSSR count). The van der Waals surface area contributed by atoms with Gasteiger partial charge in [0.25, 0.3) is 0 Å². The highest BCUT2D eigenvalue weighted by Crippen LogP contribution is 2.31. The molecular formula is C21H22ClFN6O3S. The number of benzene rings is 2. The number of aromatic nitrogens is 2. The predicted octanol–water partition coefficient (Wildman–Crippen LogP) is 4.68. The molecule has 0 bridgehead atoms. The molecule has 0 saturated heterocycles. The van der Waals surface area contributed by atoms with E-state index in [0.29, 0.717) is 18.8 Å². The number of hydrogen-bond acceptors (Lipinski definition) is 6. The average Bonchev–Trinajstić information content (AvgIpc) is 2.78. The first-order valence-electron chi connectivity index (χ1n) is 9.93. The second-order valence-corrected chi connectivity index (χ2v) is 9.16. The number of rotatable bonds is 9. The van der Waals surface area contributed by atoms with Crippen molar-refractivity contribution in [3.63, 3.8) is 0 Å². The summed E-state index contributed by atoms with van der Waals surface area (Å²) in [5, 5.41) is 7.77. The molecule has 0 saturated carbocycles. The third-order valence-corrected chi connectivity index (χ3v) is 6.08. The molecule has 0 fully saturated rings. The van der Waals surface area contributed by atoms with Gasteiger partial charge in [-0.1, -0.05) is 48.9 Å². The van der Waals surface area contributed by atoms with Crippen LogP contribution in [0.1, 0.15) is 18.9 Å². The second kappa shape index (κ2) is 10.9. The van der Waals surface area contributed by atoms with Crippen LogP contribution in [0.2, 0.25) is 5.02 Å².